The molecule has 1 saturated heterocycles. The zero-order valence-corrected chi connectivity index (χ0v) is 11.3. The van der Waals surface area contributed by atoms with E-state index in [-0.39, 0.29) is 5.78 Å². The first-order chi connectivity index (χ1) is 8.08. The van der Waals surface area contributed by atoms with E-state index in [1.807, 2.05) is 6.07 Å². The molecule has 0 aromatic carbocycles. The Bertz CT molecular complexity index is 414. The molecule has 1 aliphatic heterocycles. The number of hydrogen-bond acceptors (Lipinski definition) is 4. The molecule has 0 amide bonds. The van der Waals surface area contributed by atoms with E-state index in [1.165, 1.54) is 30.6 Å². The highest BCUT2D eigenvalue weighted by Gasteiger charge is 2.18. The van der Waals surface area contributed by atoms with Crippen molar-refractivity contribution in [1.82, 2.24) is 0 Å². The fraction of sp³-hybridized carbons (Fsp3) is 0.615. The zero-order chi connectivity index (χ0) is 12.4. The van der Waals surface area contributed by atoms with E-state index < -0.39 is 0 Å². The van der Waals surface area contributed by atoms with Crippen LogP contribution in [0.2, 0.25) is 0 Å². The van der Waals surface area contributed by atoms with Gasteiger partial charge in [-0.15, -0.1) is 11.3 Å². The van der Waals surface area contributed by atoms with Gasteiger partial charge in [-0.3, -0.25) is 4.79 Å². The molecule has 1 aromatic heterocycles. The van der Waals surface area contributed by atoms with E-state index in [4.69, 9.17) is 5.73 Å². The molecule has 1 fully saturated rings. The number of nitrogen functional groups attached to an aromatic ring is 1. The Morgan fingerprint density at radius 2 is 2.24 bits per heavy atom. The van der Waals surface area contributed by atoms with Crippen molar-refractivity contribution in [3.63, 3.8) is 0 Å². The number of thiophene rings is 1. The normalized spacial score (nSPS) is 21.3. The van der Waals surface area contributed by atoms with Crippen LogP contribution in [0.4, 0.5) is 10.7 Å². The average Bonchev–Trinajstić information content (AvgIpc) is 2.52. The van der Waals surface area contributed by atoms with E-state index >= 15 is 0 Å². The molecule has 3 nitrogen and oxygen atoms in total. The maximum absolute atomic E-state index is 11.4. The van der Waals surface area contributed by atoms with Gasteiger partial charge >= 0.3 is 0 Å². The Hall–Kier alpha value is -1.03. The Morgan fingerprint density at radius 3 is 2.88 bits per heavy atom. The number of Topliss-reactive ketones (excluding diaryl/α,β-unsaturated/α-hetero) is 1. The Balaban J connectivity index is 2.16. The summed E-state index contributed by atoms with van der Waals surface area (Å²) in [4.78, 5) is 14.5. The summed E-state index contributed by atoms with van der Waals surface area (Å²) in [7, 11) is 0. The van der Waals surface area contributed by atoms with Crippen LogP contribution in [-0.4, -0.2) is 18.9 Å². The molecule has 2 heterocycles. The third-order valence-corrected chi connectivity index (χ3v) is 4.71. The average molecular weight is 252 g/mol. The fourth-order valence-electron chi connectivity index (χ4n) is 2.31. The Morgan fingerprint density at radius 1 is 1.47 bits per heavy atom. The SMILES string of the molecule is CC(=O)c1sc(N2CCCC(C)CC2)cc1N. The lowest BCUT2D eigenvalue weighted by Crippen LogP contribution is -2.22. The number of nitrogens with two attached hydrogens (primary N) is 1. The topological polar surface area (TPSA) is 46.3 Å². The van der Waals surface area contributed by atoms with Crippen LogP contribution in [0.15, 0.2) is 6.07 Å². The van der Waals surface area contributed by atoms with Crippen LogP contribution in [0.3, 0.4) is 0 Å². The smallest absolute Gasteiger partial charge is 0.171 e. The van der Waals surface area contributed by atoms with Crippen LogP contribution in [0.25, 0.3) is 0 Å². The highest BCUT2D eigenvalue weighted by atomic mass is 32.1. The molecule has 1 unspecified atom stereocenters. The van der Waals surface area contributed by atoms with Crippen LogP contribution < -0.4 is 10.6 Å². The van der Waals surface area contributed by atoms with Gasteiger partial charge in [0.2, 0.25) is 0 Å². The number of rotatable bonds is 2. The number of nitrogens with zero attached hydrogens (tertiary/aromatic N) is 1. The van der Waals surface area contributed by atoms with Crippen molar-refractivity contribution in [2.24, 2.45) is 5.92 Å². The molecule has 4 heteroatoms. The van der Waals surface area contributed by atoms with Crippen molar-refractivity contribution in [3.8, 4) is 0 Å². The molecule has 1 atom stereocenters. The first-order valence-electron chi connectivity index (χ1n) is 6.23. The van der Waals surface area contributed by atoms with E-state index in [0.717, 1.165) is 24.0 Å². The zero-order valence-electron chi connectivity index (χ0n) is 10.5. The minimum atomic E-state index is 0.0712. The Kier molecular flexibility index (Phi) is 3.72. The second-order valence-corrected chi connectivity index (χ2v) is 5.98. The summed E-state index contributed by atoms with van der Waals surface area (Å²) in [6, 6.07) is 1.96. The largest absolute Gasteiger partial charge is 0.397 e. The summed E-state index contributed by atoms with van der Waals surface area (Å²) in [5.41, 5.74) is 6.51. The summed E-state index contributed by atoms with van der Waals surface area (Å²) >= 11 is 1.54. The minimum Gasteiger partial charge on any atom is -0.397 e. The van der Waals surface area contributed by atoms with E-state index in [0.29, 0.717) is 10.6 Å². The van der Waals surface area contributed by atoms with E-state index in [1.54, 1.807) is 6.92 Å². The van der Waals surface area contributed by atoms with Gasteiger partial charge in [0.05, 0.1) is 15.6 Å². The van der Waals surface area contributed by atoms with Crippen LogP contribution >= 0.6 is 11.3 Å². The summed E-state index contributed by atoms with van der Waals surface area (Å²) in [6.07, 6.45) is 3.76. The molecule has 0 bridgehead atoms. The lowest BCUT2D eigenvalue weighted by molar-refractivity contribution is 0.102. The molecule has 1 aliphatic rings. The minimum absolute atomic E-state index is 0.0712. The van der Waals surface area contributed by atoms with Crippen molar-refractivity contribution in [3.05, 3.63) is 10.9 Å². The second-order valence-electron chi connectivity index (χ2n) is 4.95. The molecule has 0 saturated carbocycles. The van der Waals surface area contributed by atoms with Crippen LogP contribution in [-0.2, 0) is 0 Å². The first kappa shape index (κ1) is 12.4. The predicted octanol–water partition coefficient (Wildman–Crippen LogP) is 3.16. The maximum atomic E-state index is 11.4. The number of ketones is 1. The van der Waals surface area contributed by atoms with E-state index in [2.05, 4.69) is 11.8 Å². The van der Waals surface area contributed by atoms with Crippen LogP contribution in [0.5, 0.6) is 0 Å². The van der Waals surface area contributed by atoms with Crippen LogP contribution in [0, 0.1) is 5.92 Å². The molecular formula is C13H20N2OS. The number of carbonyl (C=O) groups excluding carboxylic acids is 1. The highest BCUT2D eigenvalue weighted by molar-refractivity contribution is 7.18. The fourth-order valence-corrected chi connectivity index (χ4v) is 3.33. The van der Waals surface area contributed by atoms with Gasteiger partial charge in [0, 0.05) is 20.0 Å². The van der Waals surface area contributed by atoms with Crippen molar-refractivity contribution in [1.29, 1.82) is 0 Å². The van der Waals surface area contributed by atoms with Crippen molar-refractivity contribution < 1.29 is 4.79 Å². The van der Waals surface area contributed by atoms with E-state index in [9.17, 15) is 4.79 Å². The van der Waals surface area contributed by atoms with Crippen molar-refractivity contribution >= 4 is 27.8 Å². The lowest BCUT2D eigenvalue weighted by atomic mass is 10.0. The van der Waals surface area contributed by atoms with Gasteiger partial charge < -0.3 is 10.6 Å². The van der Waals surface area contributed by atoms with Gasteiger partial charge in [-0.2, -0.15) is 0 Å². The third kappa shape index (κ3) is 2.80. The molecule has 0 aliphatic carbocycles. The number of anilines is 2. The maximum Gasteiger partial charge on any atom is 0.171 e. The highest BCUT2D eigenvalue weighted by Crippen LogP contribution is 2.34. The molecule has 1 aromatic rings. The van der Waals surface area contributed by atoms with Gasteiger partial charge in [0.15, 0.2) is 5.78 Å². The van der Waals surface area contributed by atoms with Crippen molar-refractivity contribution in [2.75, 3.05) is 23.7 Å². The third-order valence-electron chi connectivity index (χ3n) is 3.40. The van der Waals surface area contributed by atoms with Crippen molar-refractivity contribution in [2.45, 2.75) is 33.1 Å². The molecule has 0 spiro atoms. The monoisotopic (exact) mass is 252 g/mol. The quantitative estimate of drug-likeness (QED) is 0.822. The van der Waals surface area contributed by atoms with Gasteiger partial charge in [-0.05, 0) is 31.2 Å². The summed E-state index contributed by atoms with van der Waals surface area (Å²) < 4.78 is 0. The molecular weight excluding hydrogens is 232 g/mol. The molecule has 2 N–H and O–H groups in total. The van der Waals surface area contributed by atoms with Crippen LogP contribution in [0.1, 0.15) is 42.8 Å². The lowest BCUT2D eigenvalue weighted by Gasteiger charge is -2.20. The van der Waals surface area contributed by atoms with Gasteiger partial charge in [-0.1, -0.05) is 6.92 Å². The molecule has 2 rings (SSSR count). The molecule has 17 heavy (non-hydrogen) atoms. The second kappa shape index (κ2) is 5.08. The Labute approximate surface area is 107 Å². The summed E-state index contributed by atoms with van der Waals surface area (Å²) in [5.74, 6) is 0.881. The first-order valence-corrected chi connectivity index (χ1v) is 7.04. The van der Waals surface area contributed by atoms with Gasteiger partial charge in [-0.25, -0.2) is 0 Å². The summed E-state index contributed by atoms with van der Waals surface area (Å²) in [6.45, 7) is 6.06. The number of carbonyl (C=O) groups is 1. The van der Waals surface area contributed by atoms with Gasteiger partial charge in [0.25, 0.3) is 0 Å². The standard InChI is InChI=1S/C13H20N2OS/c1-9-4-3-6-15(7-5-9)12-8-11(14)13(17-12)10(2)16/h8-9H,3-7,14H2,1-2H3. The summed E-state index contributed by atoms with van der Waals surface area (Å²) in [5, 5.41) is 1.15. The van der Waals surface area contributed by atoms with Gasteiger partial charge in [0.1, 0.15) is 0 Å². The predicted molar refractivity (Wildman–Crippen MR) is 74.0 cm³/mol. The molecule has 0 radical (unpaired) electrons. The number of hydrogen-bond donors (Lipinski definition) is 1. The molecule has 94 valence electrons.